The molecule has 6 heterocycles. The van der Waals surface area contributed by atoms with Crippen LogP contribution in [0.25, 0.3) is 38.2 Å². The zero-order valence-corrected chi connectivity index (χ0v) is 21.7. The van der Waals surface area contributed by atoms with Crippen molar-refractivity contribution in [2.45, 2.75) is 33.0 Å². The highest BCUT2D eigenvalue weighted by Gasteiger charge is 2.33. The Labute approximate surface area is 225 Å². The Kier molecular flexibility index (Phi) is 5.42. The second-order valence-corrected chi connectivity index (χ2v) is 10.5. The number of hydrogen-bond acceptors (Lipinski definition) is 5. The first-order valence-corrected chi connectivity index (χ1v) is 13.0. The van der Waals surface area contributed by atoms with E-state index in [2.05, 4.69) is 28.8 Å². The van der Waals surface area contributed by atoms with E-state index in [9.17, 15) is 17.6 Å². The van der Waals surface area contributed by atoms with Gasteiger partial charge in [0.25, 0.3) is 0 Å². The molecule has 0 fully saturated rings. The number of ether oxygens (including phenoxy) is 1. The minimum Gasteiger partial charge on any atom is -0.491 e. The zero-order valence-electron chi connectivity index (χ0n) is 21.7. The molecule has 0 radical (unpaired) electrons. The molecule has 0 bridgehead atoms. The van der Waals surface area contributed by atoms with Gasteiger partial charge >= 0.3 is 6.18 Å². The highest BCUT2D eigenvalue weighted by atomic mass is 19.4. The molecule has 1 N–H and O–H groups in total. The third kappa shape index (κ3) is 3.75. The fourth-order valence-corrected chi connectivity index (χ4v) is 5.59. The average Bonchev–Trinajstić information content (AvgIpc) is 3.55. The molecule has 0 spiro atoms. The van der Waals surface area contributed by atoms with Gasteiger partial charge in [0.15, 0.2) is 11.6 Å². The molecule has 0 amide bonds. The first-order valence-electron chi connectivity index (χ1n) is 13.0. The Morgan fingerprint density at radius 2 is 1.90 bits per heavy atom. The molecule has 11 heteroatoms. The lowest BCUT2D eigenvalue weighted by Gasteiger charge is -2.28. The van der Waals surface area contributed by atoms with Crippen molar-refractivity contribution in [1.29, 1.82) is 0 Å². The maximum atomic E-state index is 15.0. The van der Waals surface area contributed by atoms with Crippen LogP contribution in [-0.4, -0.2) is 37.7 Å². The summed E-state index contributed by atoms with van der Waals surface area (Å²) in [7, 11) is 0. The topological polar surface area (TPSA) is 71.3 Å². The van der Waals surface area contributed by atoms with Crippen LogP contribution < -0.4 is 9.64 Å². The van der Waals surface area contributed by atoms with E-state index in [0.29, 0.717) is 43.5 Å². The molecule has 1 aliphatic heterocycles. The monoisotopic (exact) mass is 548 g/mol. The van der Waals surface area contributed by atoms with Gasteiger partial charge in [0, 0.05) is 65.2 Å². The van der Waals surface area contributed by atoms with Crippen LogP contribution in [0, 0.1) is 11.7 Å². The van der Waals surface area contributed by atoms with Crippen LogP contribution in [-0.2, 0) is 19.1 Å². The maximum Gasteiger partial charge on any atom is 0.417 e. The van der Waals surface area contributed by atoms with Crippen molar-refractivity contribution < 1.29 is 22.3 Å². The summed E-state index contributed by atoms with van der Waals surface area (Å²) < 4.78 is 62.5. The highest BCUT2D eigenvalue weighted by molar-refractivity contribution is 6.22. The van der Waals surface area contributed by atoms with Gasteiger partial charge in [0.05, 0.1) is 23.4 Å². The first-order chi connectivity index (χ1) is 19.2. The summed E-state index contributed by atoms with van der Waals surface area (Å²) in [6.45, 7) is 5.29. The van der Waals surface area contributed by atoms with Crippen molar-refractivity contribution in [3.05, 3.63) is 71.6 Å². The molecule has 7 rings (SSSR count). The molecule has 5 aromatic heterocycles. The summed E-state index contributed by atoms with van der Waals surface area (Å²) in [5, 5.41) is 8.73. The number of rotatable bonds is 4. The predicted octanol–water partition coefficient (Wildman–Crippen LogP) is 6.67. The molecule has 0 saturated carbocycles. The van der Waals surface area contributed by atoms with Crippen LogP contribution in [0.3, 0.4) is 0 Å². The third-order valence-electron chi connectivity index (χ3n) is 7.38. The van der Waals surface area contributed by atoms with Crippen LogP contribution in [0.4, 0.5) is 23.4 Å². The number of para-hydroxylation sites is 1. The minimum absolute atomic E-state index is 0.113. The number of alkyl halides is 3. The van der Waals surface area contributed by atoms with E-state index in [1.165, 1.54) is 0 Å². The van der Waals surface area contributed by atoms with Crippen molar-refractivity contribution in [2.75, 3.05) is 18.1 Å². The van der Waals surface area contributed by atoms with Crippen LogP contribution in [0.5, 0.6) is 5.75 Å². The van der Waals surface area contributed by atoms with Gasteiger partial charge in [-0.15, -0.1) is 0 Å². The Bertz CT molecular complexity index is 1940. The molecular formula is C29H24F4N6O. The Balaban J connectivity index is 1.48. The number of H-pyrrole nitrogens is 1. The van der Waals surface area contributed by atoms with Gasteiger partial charge in [0.1, 0.15) is 16.9 Å². The molecule has 0 unspecified atom stereocenters. The second-order valence-electron chi connectivity index (χ2n) is 10.5. The van der Waals surface area contributed by atoms with Crippen molar-refractivity contribution in [3.63, 3.8) is 0 Å². The minimum atomic E-state index is -4.67. The molecule has 6 aromatic rings. The third-order valence-corrected chi connectivity index (χ3v) is 7.38. The van der Waals surface area contributed by atoms with Crippen LogP contribution in [0.15, 0.2) is 48.9 Å². The van der Waals surface area contributed by atoms with Crippen molar-refractivity contribution in [3.8, 4) is 5.75 Å². The number of anilines is 1. The molecule has 1 aliphatic rings. The van der Waals surface area contributed by atoms with E-state index in [4.69, 9.17) is 9.84 Å². The average molecular weight is 549 g/mol. The number of fused-ring (bicyclic) bond motifs is 10. The quantitative estimate of drug-likeness (QED) is 0.197. The molecular weight excluding hydrogens is 524 g/mol. The Hall–Kier alpha value is -4.41. The molecule has 1 aromatic carbocycles. The zero-order chi connectivity index (χ0) is 27.8. The molecule has 0 aliphatic carbocycles. The van der Waals surface area contributed by atoms with Crippen molar-refractivity contribution in [2.24, 2.45) is 5.92 Å². The van der Waals surface area contributed by atoms with Gasteiger partial charge < -0.3 is 14.6 Å². The SMILES string of the molecule is CC(C)COc1cccc2c3cnc4[nH]ccc4c3c3c4c(nn3c12)CCN(c1ncc(C(F)(F)F)cc1F)C4. The lowest BCUT2D eigenvalue weighted by Crippen LogP contribution is -2.31. The Morgan fingerprint density at radius 3 is 2.67 bits per heavy atom. The fourth-order valence-electron chi connectivity index (χ4n) is 5.59. The van der Waals surface area contributed by atoms with E-state index in [1.54, 1.807) is 4.90 Å². The summed E-state index contributed by atoms with van der Waals surface area (Å²) in [4.78, 5) is 13.4. The Morgan fingerprint density at radius 1 is 1.05 bits per heavy atom. The number of nitrogens with one attached hydrogen (secondary N) is 1. The number of halogens is 4. The number of aromatic amines is 1. The number of pyridine rings is 3. The molecule has 40 heavy (non-hydrogen) atoms. The molecule has 0 saturated heterocycles. The van der Waals surface area contributed by atoms with Crippen molar-refractivity contribution >= 4 is 44.0 Å². The van der Waals surface area contributed by atoms with Crippen LogP contribution in [0.2, 0.25) is 0 Å². The normalized spacial score (nSPS) is 14.2. The number of aromatic nitrogens is 5. The fraction of sp³-hybridized carbons (Fsp3) is 0.276. The van der Waals surface area contributed by atoms with E-state index < -0.39 is 17.6 Å². The predicted molar refractivity (Wildman–Crippen MR) is 144 cm³/mol. The van der Waals surface area contributed by atoms with Crippen LogP contribution >= 0.6 is 0 Å². The smallest absolute Gasteiger partial charge is 0.417 e. The first kappa shape index (κ1) is 24.6. The summed E-state index contributed by atoms with van der Waals surface area (Å²) in [5.41, 5.74) is 2.96. The van der Waals surface area contributed by atoms with Crippen molar-refractivity contribution in [1.82, 2.24) is 24.6 Å². The standard InChI is InChI=1S/C29H24F4N6O/c1-15(2)14-40-23-5-3-4-17-19-12-35-27-18(6-8-34-27)24(19)26-20-13-38(9-7-22(20)37-39(26)25(17)23)28-21(30)10-16(11-36-28)29(31,32)33/h3-6,8,10-12,15H,7,9,13-14H2,1-2H3,(H,34,35). The number of hydrogen-bond donors (Lipinski definition) is 1. The highest BCUT2D eigenvalue weighted by Crippen LogP contribution is 2.41. The van der Waals surface area contributed by atoms with E-state index in [1.807, 2.05) is 41.2 Å². The van der Waals surface area contributed by atoms with Gasteiger partial charge in [-0.3, -0.25) is 0 Å². The number of benzene rings is 1. The van der Waals surface area contributed by atoms with Gasteiger partial charge in [-0.05, 0) is 24.1 Å². The van der Waals surface area contributed by atoms with E-state index in [-0.39, 0.29) is 12.4 Å². The maximum absolute atomic E-state index is 15.0. The van der Waals surface area contributed by atoms with Gasteiger partial charge in [0.2, 0.25) is 0 Å². The van der Waals surface area contributed by atoms with E-state index in [0.717, 1.165) is 49.5 Å². The molecule has 0 atom stereocenters. The molecule has 7 nitrogen and oxygen atoms in total. The second kappa shape index (κ2) is 8.80. The lowest BCUT2D eigenvalue weighted by molar-refractivity contribution is -0.138. The summed E-state index contributed by atoms with van der Waals surface area (Å²) in [6.07, 6.45) is 0.143. The largest absolute Gasteiger partial charge is 0.491 e. The van der Waals surface area contributed by atoms with Gasteiger partial charge in [-0.1, -0.05) is 26.0 Å². The molecule has 204 valence electrons. The summed E-state index contributed by atoms with van der Waals surface area (Å²) in [6, 6.07) is 8.37. The van der Waals surface area contributed by atoms with E-state index >= 15 is 0 Å². The summed E-state index contributed by atoms with van der Waals surface area (Å²) >= 11 is 0. The van der Waals surface area contributed by atoms with Gasteiger partial charge in [-0.25, -0.2) is 18.9 Å². The lowest BCUT2D eigenvalue weighted by atomic mass is 9.99. The number of nitrogens with zero attached hydrogens (tertiary/aromatic N) is 5. The van der Waals surface area contributed by atoms with Gasteiger partial charge in [-0.2, -0.15) is 18.3 Å². The summed E-state index contributed by atoms with van der Waals surface area (Å²) in [5.74, 6) is -0.110. The van der Waals surface area contributed by atoms with Crippen LogP contribution in [0.1, 0.15) is 30.7 Å².